The molecule has 0 bridgehead atoms. The van der Waals surface area contributed by atoms with Gasteiger partial charge in [-0.25, -0.2) is 0 Å². The molecule has 16 heavy (non-hydrogen) atoms. The summed E-state index contributed by atoms with van der Waals surface area (Å²) in [5.41, 5.74) is 0.559. The summed E-state index contributed by atoms with van der Waals surface area (Å²) in [5, 5.41) is 11.2. The van der Waals surface area contributed by atoms with E-state index in [4.69, 9.17) is 0 Å². The maximum Gasteiger partial charge on any atom is 0.252 e. The minimum Gasteiger partial charge on any atom is -0.352 e. The van der Waals surface area contributed by atoms with E-state index >= 15 is 0 Å². The van der Waals surface area contributed by atoms with Crippen LogP contribution in [0.5, 0.6) is 0 Å². The number of hydrogen-bond donors (Lipinski definition) is 1. The van der Waals surface area contributed by atoms with Crippen LogP contribution in [-0.2, 0) is 0 Å². The summed E-state index contributed by atoms with van der Waals surface area (Å²) in [5.74, 6) is 0.445. The van der Waals surface area contributed by atoms with Gasteiger partial charge < -0.3 is 5.32 Å². The van der Waals surface area contributed by atoms with E-state index in [9.17, 15) is 4.79 Å². The molecule has 0 aromatic carbocycles. The van der Waals surface area contributed by atoms with Crippen LogP contribution < -0.4 is 5.32 Å². The van der Waals surface area contributed by atoms with Crippen molar-refractivity contribution in [3.05, 3.63) is 24.0 Å². The van der Waals surface area contributed by atoms with Crippen LogP contribution in [0.4, 0.5) is 0 Å². The van der Waals surface area contributed by atoms with Gasteiger partial charge in [0.2, 0.25) is 0 Å². The number of amides is 1. The molecule has 1 amide bonds. The Labute approximate surface area is 104 Å². The molecule has 1 aromatic heterocycles. The van der Waals surface area contributed by atoms with Crippen LogP contribution in [0, 0.1) is 5.92 Å². The van der Waals surface area contributed by atoms with E-state index < -0.39 is 0 Å². The van der Waals surface area contributed by atoms with E-state index in [0.717, 1.165) is 18.2 Å². The van der Waals surface area contributed by atoms with Gasteiger partial charge in [0.05, 0.1) is 18.0 Å². The lowest BCUT2D eigenvalue weighted by Gasteiger charge is -2.13. The molecule has 4 nitrogen and oxygen atoms in total. The molecule has 1 unspecified atom stereocenters. The number of aromatic nitrogens is 2. The SMILES string of the molecule is CCC(CCBr)CNC(=O)c1ccnnc1. The number of alkyl halides is 1. The van der Waals surface area contributed by atoms with E-state index in [1.807, 2.05) is 0 Å². The Kier molecular flexibility index (Phi) is 6.00. The molecule has 0 saturated carbocycles. The first-order valence-corrected chi connectivity index (χ1v) is 6.51. The predicted octanol–water partition coefficient (Wildman–Crippen LogP) is 2.02. The van der Waals surface area contributed by atoms with E-state index in [2.05, 4.69) is 38.4 Å². The average Bonchev–Trinajstić information content (AvgIpc) is 2.35. The first-order valence-electron chi connectivity index (χ1n) is 5.38. The third-order valence-corrected chi connectivity index (χ3v) is 2.95. The second-order valence-corrected chi connectivity index (χ2v) is 4.39. The highest BCUT2D eigenvalue weighted by Crippen LogP contribution is 2.08. The van der Waals surface area contributed by atoms with Crippen molar-refractivity contribution in [1.29, 1.82) is 0 Å². The second-order valence-electron chi connectivity index (χ2n) is 3.59. The maximum absolute atomic E-state index is 11.7. The topological polar surface area (TPSA) is 54.9 Å². The van der Waals surface area contributed by atoms with Gasteiger partial charge in [0.15, 0.2) is 0 Å². The Morgan fingerprint density at radius 3 is 2.94 bits per heavy atom. The monoisotopic (exact) mass is 285 g/mol. The van der Waals surface area contributed by atoms with E-state index in [0.29, 0.717) is 18.0 Å². The van der Waals surface area contributed by atoms with Crippen LogP contribution in [-0.4, -0.2) is 28.0 Å². The normalized spacial score (nSPS) is 12.1. The number of hydrogen-bond acceptors (Lipinski definition) is 3. The standard InChI is InChI=1S/C11H16BrN3O/c1-2-9(3-5-12)7-13-11(16)10-4-6-14-15-8-10/h4,6,8-9H,2-3,5,7H2,1H3,(H,13,16). The molecule has 0 fully saturated rings. The molecular weight excluding hydrogens is 270 g/mol. The Bertz CT molecular complexity index is 318. The average molecular weight is 286 g/mol. The van der Waals surface area contributed by atoms with Crippen LogP contribution in [0.1, 0.15) is 30.1 Å². The molecule has 88 valence electrons. The largest absolute Gasteiger partial charge is 0.352 e. The number of carbonyl (C=O) groups excluding carboxylic acids is 1. The molecule has 1 rings (SSSR count). The lowest BCUT2D eigenvalue weighted by molar-refractivity contribution is 0.0946. The highest BCUT2D eigenvalue weighted by Gasteiger charge is 2.09. The van der Waals surface area contributed by atoms with Crippen molar-refractivity contribution in [2.45, 2.75) is 19.8 Å². The number of carbonyl (C=O) groups is 1. The smallest absolute Gasteiger partial charge is 0.252 e. The van der Waals surface area contributed by atoms with Crippen LogP contribution in [0.3, 0.4) is 0 Å². The molecule has 1 aromatic rings. The van der Waals surface area contributed by atoms with Crippen molar-refractivity contribution in [1.82, 2.24) is 15.5 Å². The van der Waals surface area contributed by atoms with E-state index in [-0.39, 0.29) is 5.91 Å². The highest BCUT2D eigenvalue weighted by molar-refractivity contribution is 9.09. The summed E-state index contributed by atoms with van der Waals surface area (Å²) in [7, 11) is 0. The van der Waals surface area contributed by atoms with Crippen LogP contribution in [0.15, 0.2) is 18.5 Å². The molecule has 1 N–H and O–H groups in total. The van der Waals surface area contributed by atoms with Gasteiger partial charge in [-0.2, -0.15) is 10.2 Å². The van der Waals surface area contributed by atoms with Crippen molar-refractivity contribution in [2.24, 2.45) is 5.92 Å². The van der Waals surface area contributed by atoms with Crippen molar-refractivity contribution in [2.75, 3.05) is 11.9 Å². The van der Waals surface area contributed by atoms with E-state index in [1.165, 1.54) is 12.4 Å². The lowest BCUT2D eigenvalue weighted by atomic mass is 10.0. The van der Waals surface area contributed by atoms with Gasteiger partial charge in [-0.05, 0) is 18.4 Å². The van der Waals surface area contributed by atoms with Crippen LogP contribution in [0.25, 0.3) is 0 Å². The molecule has 1 atom stereocenters. The summed E-state index contributed by atoms with van der Waals surface area (Å²) < 4.78 is 0. The zero-order valence-corrected chi connectivity index (χ0v) is 10.9. The quantitative estimate of drug-likeness (QED) is 0.814. The Morgan fingerprint density at radius 1 is 1.56 bits per heavy atom. The van der Waals surface area contributed by atoms with Gasteiger partial charge in [-0.15, -0.1) is 0 Å². The van der Waals surface area contributed by atoms with E-state index in [1.54, 1.807) is 6.07 Å². The fraction of sp³-hybridized carbons (Fsp3) is 0.545. The zero-order chi connectivity index (χ0) is 11.8. The second kappa shape index (κ2) is 7.33. The third kappa shape index (κ3) is 4.26. The molecule has 0 radical (unpaired) electrons. The molecule has 0 aliphatic rings. The molecule has 5 heteroatoms. The fourth-order valence-electron chi connectivity index (χ4n) is 1.37. The summed E-state index contributed by atoms with van der Waals surface area (Å²) in [6.45, 7) is 2.84. The third-order valence-electron chi connectivity index (χ3n) is 2.49. The zero-order valence-electron chi connectivity index (χ0n) is 9.32. The summed E-state index contributed by atoms with van der Waals surface area (Å²) in [6, 6.07) is 1.66. The van der Waals surface area contributed by atoms with Gasteiger partial charge in [0, 0.05) is 11.9 Å². The van der Waals surface area contributed by atoms with Crippen molar-refractivity contribution in [3.8, 4) is 0 Å². The highest BCUT2D eigenvalue weighted by atomic mass is 79.9. The fourth-order valence-corrected chi connectivity index (χ4v) is 2.02. The molecular formula is C11H16BrN3O. The van der Waals surface area contributed by atoms with Crippen molar-refractivity contribution >= 4 is 21.8 Å². The molecule has 0 aliphatic carbocycles. The Hall–Kier alpha value is -0.970. The van der Waals surface area contributed by atoms with Gasteiger partial charge in [0.1, 0.15) is 0 Å². The molecule has 0 aliphatic heterocycles. The predicted molar refractivity (Wildman–Crippen MR) is 66.6 cm³/mol. The molecule has 0 spiro atoms. The summed E-state index contributed by atoms with van der Waals surface area (Å²) in [6.07, 6.45) is 5.14. The van der Waals surface area contributed by atoms with Gasteiger partial charge >= 0.3 is 0 Å². The molecule has 0 saturated heterocycles. The van der Waals surface area contributed by atoms with Crippen molar-refractivity contribution in [3.63, 3.8) is 0 Å². The number of rotatable bonds is 6. The summed E-state index contributed by atoms with van der Waals surface area (Å²) >= 11 is 3.41. The number of nitrogens with zero attached hydrogens (tertiary/aromatic N) is 2. The maximum atomic E-state index is 11.7. The van der Waals surface area contributed by atoms with Gasteiger partial charge in [-0.3, -0.25) is 4.79 Å². The Balaban J connectivity index is 2.40. The van der Waals surface area contributed by atoms with Crippen LogP contribution >= 0.6 is 15.9 Å². The minimum atomic E-state index is -0.0806. The summed E-state index contributed by atoms with van der Waals surface area (Å²) in [4.78, 5) is 11.7. The molecule has 1 heterocycles. The first-order chi connectivity index (χ1) is 7.77. The van der Waals surface area contributed by atoms with Crippen LogP contribution in [0.2, 0.25) is 0 Å². The van der Waals surface area contributed by atoms with Gasteiger partial charge in [-0.1, -0.05) is 29.3 Å². The van der Waals surface area contributed by atoms with Gasteiger partial charge in [0.25, 0.3) is 5.91 Å². The van der Waals surface area contributed by atoms with Crippen molar-refractivity contribution < 1.29 is 4.79 Å². The first kappa shape index (κ1) is 13.1. The number of nitrogens with one attached hydrogen (secondary N) is 1. The Morgan fingerprint density at radius 2 is 2.38 bits per heavy atom. The lowest BCUT2D eigenvalue weighted by Crippen LogP contribution is -2.29. The number of halogens is 1. The minimum absolute atomic E-state index is 0.0806.